The minimum absolute atomic E-state index is 1.54. The van der Waals surface area contributed by atoms with Gasteiger partial charge in [-0.2, -0.15) is 10.2 Å². The van der Waals surface area contributed by atoms with Crippen LogP contribution in [0.4, 0.5) is 0 Å². The Morgan fingerprint density at radius 1 is 1.67 bits per heavy atom. The van der Waals surface area contributed by atoms with Crippen LogP contribution in [0.5, 0.6) is 0 Å². The number of nitrogens with zero attached hydrogens (tertiary/aromatic N) is 1. The van der Waals surface area contributed by atoms with Crippen molar-refractivity contribution in [3.63, 3.8) is 0 Å². The van der Waals surface area contributed by atoms with E-state index < -0.39 is 0 Å². The molecule has 5 nitrogen and oxygen atoms in total. The molecular formula is H2ClNO4. The fourth-order valence-electron chi connectivity index (χ4n) is 0. The third-order valence-corrected chi connectivity index (χ3v) is 0.0333. The van der Waals surface area contributed by atoms with Crippen molar-refractivity contribution < 1.29 is 14.9 Å². The number of halogens is 1. The zero-order valence-electron chi connectivity index (χ0n) is 2.54. The molecular weight excluding hydrogens is 113 g/mol. The van der Waals surface area contributed by atoms with Crippen LogP contribution in [0, 0.1) is 4.91 Å². The lowest BCUT2D eigenvalue weighted by Crippen LogP contribution is -1.56. The fraction of sp³-hybridized carbons (Fsp3) is 0. The van der Waals surface area contributed by atoms with Gasteiger partial charge in [-0.3, -0.25) is 4.66 Å². The van der Waals surface area contributed by atoms with Crippen LogP contribution in [0.1, 0.15) is 0 Å². The third-order valence-electron chi connectivity index (χ3n) is 0.0333. The minimum atomic E-state index is 1.54. The van der Waals surface area contributed by atoms with Crippen LogP contribution >= 0.6 is 11.9 Å². The van der Waals surface area contributed by atoms with Crippen molar-refractivity contribution in [2.45, 2.75) is 0 Å². The van der Waals surface area contributed by atoms with Gasteiger partial charge in [0.2, 0.25) is 0 Å². The van der Waals surface area contributed by atoms with Crippen LogP contribution in [0.2, 0.25) is 0 Å². The van der Waals surface area contributed by atoms with Gasteiger partial charge in [0.1, 0.15) is 0 Å². The first-order valence-corrected chi connectivity index (χ1v) is 1.05. The maximum absolute atomic E-state index is 8.45. The second-order valence-electron chi connectivity index (χ2n) is 0.156. The first-order chi connectivity index (χ1) is 2.91. The average molecular weight is 115 g/mol. The molecule has 0 aromatic heterocycles. The van der Waals surface area contributed by atoms with Gasteiger partial charge >= 0.3 is 0 Å². The Balaban J connectivity index is 0. The van der Waals surface area contributed by atoms with E-state index in [2.05, 4.69) is 16.9 Å². The molecule has 2 N–H and O–H groups in total. The van der Waals surface area contributed by atoms with Gasteiger partial charge in [-0.05, 0) is 0 Å². The number of hydrogen-bond donors (Lipinski definition) is 2. The molecule has 0 unspecified atom stereocenters. The van der Waals surface area contributed by atoms with E-state index in [9.17, 15) is 0 Å². The van der Waals surface area contributed by atoms with E-state index in [0.717, 1.165) is 0 Å². The highest BCUT2D eigenvalue weighted by Crippen LogP contribution is 1.51. The van der Waals surface area contributed by atoms with E-state index >= 15 is 0 Å². The van der Waals surface area contributed by atoms with Crippen LogP contribution in [0.3, 0.4) is 0 Å². The Labute approximate surface area is 38.1 Å². The van der Waals surface area contributed by atoms with E-state index in [0.29, 0.717) is 0 Å². The van der Waals surface area contributed by atoms with E-state index in [-0.39, 0.29) is 0 Å². The van der Waals surface area contributed by atoms with Gasteiger partial charge in [-0.25, -0.2) is 0 Å². The Hall–Kier alpha value is -0.390. The molecule has 0 saturated heterocycles. The summed E-state index contributed by atoms with van der Waals surface area (Å²) >= 11 is 3.64. The first kappa shape index (κ1) is 9.15. The van der Waals surface area contributed by atoms with Crippen molar-refractivity contribution in [1.29, 1.82) is 0 Å². The Kier molecular flexibility index (Phi) is 35.3. The summed E-state index contributed by atoms with van der Waals surface area (Å²) in [5, 5.41) is 8.44. The van der Waals surface area contributed by atoms with Gasteiger partial charge in [-0.15, -0.1) is 4.91 Å². The van der Waals surface area contributed by atoms with Crippen molar-refractivity contribution in [3.8, 4) is 0 Å². The maximum atomic E-state index is 8.45. The smallest absolute Gasteiger partial charge is 0.190 e. The zero-order chi connectivity index (χ0) is 5.41. The topological polar surface area (TPSA) is 79.1 Å². The van der Waals surface area contributed by atoms with E-state index in [1.165, 1.54) is 0 Å². The van der Waals surface area contributed by atoms with Crippen molar-refractivity contribution in [1.82, 2.24) is 0 Å². The second kappa shape index (κ2) is 23.2. The molecule has 0 spiro atoms. The van der Waals surface area contributed by atoms with E-state index in [1.54, 1.807) is 5.34 Å². The lowest BCUT2D eigenvalue weighted by molar-refractivity contribution is -0.245. The molecule has 0 heterocycles. The molecule has 38 valence electrons. The van der Waals surface area contributed by atoms with Crippen molar-refractivity contribution in [3.05, 3.63) is 4.91 Å². The zero-order valence-corrected chi connectivity index (χ0v) is 3.29. The SMILES string of the molecule is O=NOO.OCl. The monoisotopic (exact) mass is 115 g/mol. The minimum Gasteiger partial charge on any atom is -0.295 e. The number of hydrogen-bond acceptors (Lipinski definition) is 5. The highest BCUT2D eigenvalue weighted by atomic mass is 35.5. The largest absolute Gasteiger partial charge is 0.295 e. The molecule has 0 aromatic carbocycles. The summed E-state index contributed by atoms with van der Waals surface area (Å²) in [7, 11) is 0. The molecule has 0 saturated carbocycles. The molecule has 0 aliphatic heterocycles. The van der Waals surface area contributed by atoms with Crippen LogP contribution < -0.4 is 0 Å². The summed E-state index contributed by atoms with van der Waals surface area (Å²) < 4.78 is 6.47. The Morgan fingerprint density at radius 3 is 1.83 bits per heavy atom. The Bertz CT molecular complexity index is 21.5. The van der Waals surface area contributed by atoms with E-state index in [4.69, 9.17) is 14.8 Å². The van der Waals surface area contributed by atoms with Gasteiger partial charge in [-0.1, -0.05) is 0 Å². The fourth-order valence-corrected chi connectivity index (χ4v) is 0. The van der Waals surface area contributed by atoms with Crippen LogP contribution in [-0.2, 0) is 4.99 Å². The third kappa shape index (κ3) is 66.1. The van der Waals surface area contributed by atoms with Gasteiger partial charge in [0.25, 0.3) is 0 Å². The molecule has 0 radical (unpaired) electrons. The standard InChI is InChI=1S/ClHO.HNO3/c1-2;2-1-4-3/h2H;3H. The number of rotatable bonds is 1. The summed E-state index contributed by atoms with van der Waals surface area (Å²) in [6, 6.07) is 0. The molecule has 0 rings (SSSR count). The molecule has 0 fully saturated rings. The quantitative estimate of drug-likeness (QED) is 0.292. The second-order valence-corrected chi connectivity index (χ2v) is 0.156. The maximum Gasteiger partial charge on any atom is 0.190 e. The van der Waals surface area contributed by atoms with Gasteiger partial charge in [0.05, 0.1) is 11.9 Å². The van der Waals surface area contributed by atoms with Crippen molar-refractivity contribution in [2.75, 3.05) is 0 Å². The summed E-state index contributed by atoms with van der Waals surface area (Å²) in [6.45, 7) is 0. The predicted molar refractivity (Wildman–Crippen MR) is 17.6 cm³/mol. The predicted octanol–water partition coefficient (Wildman–Crippen LogP) is 0.290. The Morgan fingerprint density at radius 2 is 1.83 bits per heavy atom. The summed E-state index contributed by atoms with van der Waals surface area (Å²) in [6.07, 6.45) is 0. The summed E-state index contributed by atoms with van der Waals surface area (Å²) in [5.41, 5.74) is 0. The molecule has 0 bridgehead atoms. The highest BCUT2D eigenvalue weighted by Gasteiger charge is 1.47. The molecule has 6 heavy (non-hydrogen) atoms. The summed E-state index contributed by atoms with van der Waals surface area (Å²) in [5.74, 6) is 0. The van der Waals surface area contributed by atoms with Gasteiger partial charge in [0, 0.05) is 0 Å². The van der Waals surface area contributed by atoms with Crippen molar-refractivity contribution >= 4 is 11.9 Å². The molecule has 0 atom stereocenters. The normalized spacial score (nSPS) is 4.50. The van der Waals surface area contributed by atoms with Crippen molar-refractivity contribution in [2.24, 2.45) is 5.34 Å². The summed E-state index contributed by atoms with van der Waals surface area (Å²) in [4.78, 5) is 11.1. The molecule has 6 heteroatoms. The molecule has 0 aliphatic rings. The first-order valence-electron chi connectivity index (χ1n) is 0.717. The van der Waals surface area contributed by atoms with E-state index in [1.807, 2.05) is 0 Å². The van der Waals surface area contributed by atoms with Crippen LogP contribution in [-0.4, -0.2) is 9.92 Å². The molecule has 0 aromatic rings. The lowest BCUT2D eigenvalue weighted by atomic mass is 13.4. The molecule has 0 amide bonds. The average Bonchev–Trinajstić information content (AvgIpc) is 1.72. The van der Waals surface area contributed by atoms with Gasteiger partial charge < -0.3 is 0 Å². The molecule has 0 aliphatic carbocycles. The van der Waals surface area contributed by atoms with Crippen LogP contribution in [0.25, 0.3) is 0 Å². The lowest BCUT2D eigenvalue weighted by Gasteiger charge is -1.59. The van der Waals surface area contributed by atoms with Gasteiger partial charge in [0.15, 0.2) is 5.34 Å². The highest BCUT2D eigenvalue weighted by molar-refractivity contribution is 6.04. The van der Waals surface area contributed by atoms with Crippen LogP contribution in [0.15, 0.2) is 5.34 Å².